The van der Waals surface area contributed by atoms with E-state index in [0.717, 1.165) is 50.5 Å². The number of carbonyl (C=O) groups excluding carboxylic acids is 1. The number of ether oxygens (including phenoxy) is 1. The van der Waals surface area contributed by atoms with Crippen LogP contribution in [0.15, 0.2) is 36.7 Å². The van der Waals surface area contributed by atoms with Crippen LogP contribution < -0.4 is 4.90 Å². The summed E-state index contributed by atoms with van der Waals surface area (Å²) in [5, 5.41) is 0. The minimum atomic E-state index is -3.66. The van der Waals surface area contributed by atoms with Gasteiger partial charge in [0.25, 0.3) is 10.1 Å². The van der Waals surface area contributed by atoms with E-state index in [0.29, 0.717) is 6.42 Å². The fourth-order valence-corrected chi connectivity index (χ4v) is 4.90. The summed E-state index contributed by atoms with van der Waals surface area (Å²) in [4.78, 5) is 20.9. The van der Waals surface area contributed by atoms with Gasteiger partial charge in [0.2, 0.25) is 5.91 Å². The Hall–Kier alpha value is -2.33. The molecule has 1 aliphatic rings. The predicted molar refractivity (Wildman–Crippen MR) is 168 cm³/mol. The van der Waals surface area contributed by atoms with E-state index in [1.54, 1.807) is 4.90 Å². The highest BCUT2D eigenvalue weighted by Gasteiger charge is 2.21. The minimum Gasteiger partial charge on any atom is -0.380 e. The molecule has 3 rings (SSSR count). The zero-order chi connectivity index (χ0) is 30.1. The van der Waals surface area contributed by atoms with Gasteiger partial charge in [-0.2, -0.15) is 8.42 Å². The van der Waals surface area contributed by atoms with Crippen molar-refractivity contribution in [3.63, 3.8) is 0 Å². The highest BCUT2D eigenvalue weighted by Crippen LogP contribution is 2.31. The number of aromatic nitrogens is 1. The van der Waals surface area contributed by atoms with Crippen molar-refractivity contribution in [3.8, 4) is 11.1 Å². The number of nitrogens with zero attached hydrogens (tertiary/aromatic N) is 3. The number of amides is 1. The molecule has 0 saturated carbocycles. The second-order valence-electron chi connectivity index (χ2n) is 10.7. The monoisotopic (exact) mass is 589 g/mol. The lowest BCUT2D eigenvalue weighted by Gasteiger charge is -2.26. The Morgan fingerprint density at radius 2 is 1.61 bits per heavy atom. The molecular weight excluding hydrogens is 538 g/mol. The molecule has 1 N–H and O–H groups in total. The number of fused-ring (bicyclic) bond motifs is 1. The number of hydrogen-bond acceptors (Lipinski definition) is 6. The topological polar surface area (TPSA) is 100 Å². The summed E-state index contributed by atoms with van der Waals surface area (Å²) in [6.45, 7) is 10.2. The Kier molecular flexibility index (Phi) is 16.1. The number of rotatable bonds is 17. The van der Waals surface area contributed by atoms with E-state index in [1.807, 2.05) is 19.4 Å². The zero-order valence-electron chi connectivity index (χ0n) is 25.6. The van der Waals surface area contributed by atoms with Gasteiger partial charge < -0.3 is 9.64 Å². The van der Waals surface area contributed by atoms with Crippen LogP contribution in [0.4, 0.5) is 5.69 Å². The number of hydrogen-bond donors (Lipinski definition) is 1. The largest absolute Gasteiger partial charge is 0.380 e. The summed E-state index contributed by atoms with van der Waals surface area (Å²) in [5.41, 5.74) is 5.82. The Morgan fingerprint density at radius 1 is 0.927 bits per heavy atom. The third-order valence-corrected chi connectivity index (χ3v) is 8.14. The third-order valence-electron chi connectivity index (χ3n) is 7.41. The molecule has 1 aromatic carbocycles. The quantitative estimate of drug-likeness (QED) is 0.165. The van der Waals surface area contributed by atoms with Crippen molar-refractivity contribution in [2.75, 3.05) is 44.0 Å². The van der Waals surface area contributed by atoms with E-state index in [1.165, 1.54) is 75.0 Å². The van der Waals surface area contributed by atoms with Gasteiger partial charge in [-0.15, -0.1) is 0 Å². The summed E-state index contributed by atoms with van der Waals surface area (Å²) in [6, 6.07) is 8.69. The summed E-state index contributed by atoms with van der Waals surface area (Å²) in [5.74, 6) is -0.00921. The summed E-state index contributed by atoms with van der Waals surface area (Å²) < 4.78 is 32.6. The van der Waals surface area contributed by atoms with Crippen molar-refractivity contribution < 1.29 is 22.5 Å². The molecule has 8 nitrogen and oxygen atoms in total. The molecule has 9 heteroatoms. The lowest BCUT2D eigenvalue weighted by Crippen LogP contribution is -2.30. The van der Waals surface area contributed by atoms with Crippen molar-refractivity contribution in [1.29, 1.82) is 0 Å². The normalized spacial score (nSPS) is 13.2. The average molecular weight is 590 g/mol. The molecule has 41 heavy (non-hydrogen) atoms. The lowest BCUT2D eigenvalue weighted by atomic mass is 9.96. The second-order valence-corrected chi connectivity index (χ2v) is 12.4. The molecule has 1 aromatic heterocycles. The maximum atomic E-state index is 12.0. The van der Waals surface area contributed by atoms with Crippen molar-refractivity contribution in [1.82, 2.24) is 9.88 Å². The Bertz CT molecular complexity index is 1160. The molecule has 0 radical (unpaired) electrons. The van der Waals surface area contributed by atoms with Gasteiger partial charge in [0.05, 0.1) is 12.4 Å². The van der Waals surface area contributed by atoms with Crippen molar-refractivity contribution in [2.24, 2.45) is 0 Å². The first-order valence-corrected chi connectivity index (χ1v) is 16.9. The lowest BCUT2D eigenvalue weighted by molar-refractivity contribution is -0.118. The van der Waals surface area contributed by atoms with Crippen molar-refractivity contribution in [2.45, 2.75) is 91.5 Å². The van der Waals surface area contributed by atoms with Gasteiger partial charge in [-0.25, -0.2) is 0 Å². The average Bonchev–Trinajstić information content (AvgIpc) is 2.96. The molecule has 0 aliphatic carbocycles. The molecule has 230 valence electrons. The first kappa shape index (κ1) is 34.9. The van der Waals surface area contributed by atoms with Gasteiger partial charge in [-0.05, 0) is 68.1 Å². The fraction of sp³-hybridized carbons (Fsp3) is 0.625. The standard InChI is InChI=1S/C30H45N3O2.C2H6O3S/c1-4-6-7-8-9-10-11-12-17-33(18-19-35-5-2)24-25-20-28(23-31-22-25)26-13-15-29-27(21-26)14-16-30(34)32(29)3;1-2-6(3,4)5/h13,15,20-23H,4-12,14,16-19,24H2,1-3H3;2H2,1H3,(H,3,4,5). The number of unbranched alkanes of at least 4 members (excludes halogenated alkanes) is 7. The summed E-state index contributed by atoms with van der Waals surface area (Å²) in [6.07, 6.45) is 16.1. The van der Waals surface area contributed by atoms with Gasteiger partial charge in [-0.1, -0.05) is 57.9 Å². The van der Waals surface area contributed by atoms with Crippen LogP contribution in [0.25, 0.3) is 11.1 Å². The van der Waals surface area contributed by atoms with E-state index < -0.39 is 10.1 Å². The molecule has 0 fully saturated rings. The van der Waals surface area contributed by atoms with Crippen LogP contribution in [0.5, 0.6) is 0 Å². The van der Waals surface area contributed by atoms with Crippen molar-refractivity contribution >= 4 is 21.7 Å². The predicted octanol–water partition coefficient (Wildman–Crippen LogP) is 6.53. The molecule has 1 aliphatic heterocycles. The van der Waals surface area contributed by atoms with E-state index in [2.05, 4.69) is 48.0 Å². The number of anilines is 1. The summed E-state index contributed by atoms with van der Waals surface area (Å²) >= 11 is 0. The Labute approximate surface area is 248 Å². The Balaban J connectivity index is 0.000000883. The van der Waals surface area contributed by atoms with E-state index in [-0.39, 0.29) is 11.7 Å². The van der Waals surface area contributed by atoms with Crippen LogP contribution in [0.1, 0.15) is 89.7 Å². The highest BCUT2D eigenvalue weighted by molar-refractivity contribution is 7.85. The van der Waals surface area contributed by atoms with Crippen LogP contribution in [0, 0.1) is 0 Å². The SMILES string of the molecule is CCCCCCCCCCN(CCOCC)Cc1cncc(-c2ccc3c(c2)CCC(=O)N3C)c1.CCS(=O)(=O)O. The third kappa shape index (κ3) is 13.5. The van der Waals surface area contributed by atoms with E-state index in [9.17, 15) is 13.2 Å². The molecule has 0 saturated heterocycles. The van der Waals surface area contributed by atoms with Crippen LogP contribution in [0.3, 0.4) is 0 Å². The molecule has 0 bridgehead atoms. The van der Waals surface area contributed by atoms with Crippen LogP contribution in [-0.2, 0) is 32.6 Å². The maximum Gasteiger partial charge on any atom is 0.264 e. The number of carbonyl (C=O) groups is 1. The second kappa shape index (κ2) is 19.0. The number of aryl methyl sites for hydroxylation is 1. The van der Waals surface area contributed by atoms with Gasteiger partial charge in [0.15, 0.2) is 0 Å². The smallest absolute Gasteiger partial charge is 0.264 e. The molecule has 2 aromatic rings. The van der Waals surface area contributed by atoms with Crippen molar-refractivity contribution in [3.05, 3.63) is 47.8 Å². The van der Waals surface area contributed by atoms with Gasteiger partial charge in [-0.3, -0.25) is 19.2 Å². The molecule has 0 unspecified atom stereocenters. The highest BCUT2D eigenvalue weighted by atomic mass is 32.2. The first-order chi connectivity index (χ1) is 19.7. The van der Waals surface area contributed by atoms with Crippen LogP contribution >= 0.6 is 0 Å². The van der Waals surface area contributed by atoms with E-state index in [4.69, 9.17) is 9.29 Å². The van der Waals surface area contributed by atoms with E-state index >= 15 is 0 Å². The minimum absolute atomic E-state index is 0.192. The first-order valence-electron chi connectivity index (χ1n) is 15.3. The molecule has 0 spiro atoms. The van der Waals surface area contributed by atoms with Gasteiger partial charge in [0, 0.05) is 56.8 Å². The molecule has 1 amide bonds. The maximum absolute atomic E-state index is 12.0. The van der Waals surface area contributed by atoms with Crippen LogP contribution in [-0.4, -0.2) is 67.9 Å². The zero-order valence-corrected chi connectivity index (χ0v) is 26.4. The molecular formula is C32H51N3O5S. The number of benzene rings is 1. The molecule has 0 atom stereocenters. The fourth-order valence-electron chi connectivity index (χ4n) is 4.90. The van der Waals surface area contributed by atoms with Gasteiger partial charge in [0.1, 0.15) is 0 Å². The summed E-state index contributed by atoms with van der Waals surface area (Å²) in [7, 11) is -1.80. The van der Waals surface area contributed by atoms with Crippen LogP contribution in [0.2, 0.25) is 0 Å². The van der Waals surface area contributed by atoms with Gasteiger partial charge >= 0.3 is 0 Å². The molecule has 2 heterocycles. The number of pyridine rings is 1. The Morgan fingerprint density at radius 3 is 2.27 bits per heavy atom.